The van der Waals surface area contributed by atoms with Gasteiger partial charge in [0.05, 0.1) is 21.3 Å². The lowest BCUT2D eigenvalue weighted by Crippen LogP contribution is -2.06. The average Bonchev–Trinajstić information content (AvgIpc) is 2.97. The fraction of sp³-hybridized carbons (Fsp3) is 0.400. The Bertz CT molecular complexity index is 691. The van der Waals surface area contributed by atoms with Crippen molar-refractivity contribution in [2.24, 2.45) is 0 Å². The molecule has 0 saturated carbocycles. The van der Waals surface area contributed by atoms with Crippen LogP contribution in [0.5, 0.6) is 17.2 Å². The van der Waals surface area contributed by atoms with E-state index < -0.39 is 0 Å². The second-order valence-electron chi connectivity index (χ2n) is 4.85. The van der Waals surface area contributed by atoms with Crippen molar-refractivity contribution in [1.29, 1.82) is 5.26 Å². The molecule has 0 radical (unpaired) electrons. The fourth-order valence-corrected chi connectivity index (χ4v) is 2.22. The summed E-state index contributed by atoms with van der Waals surface area (Å²) >= 11 is 0. The lowest BCUT2D eigenvalue weighted by molar-refractivity contribution is 0.324. The zero-order chi connectivity index (χ0) is 16.3. The molecule has 7 nitrogen and oxygen atoms in total. The van der Waals surface area contributed by atoms with Crippen LogP contribution < -0.4 is 14.2 Å². The summed E-state index contributed by atoms with van der Waals surface area (Å²) in [4.78, 5) is 0. The van der Waals surface area contributed by atoms with E-state index in [1.165, 1.54) is 0 Å². The largest absolute Gasteiger partial charge is 0.493 e. The standard InChI is InChI=1S/C15H18N4O3/c1-9(2)19-14(11(8-16)17-18-19)10-6-12(20-3)15(22-5)13(7-10)21-4/h6-7,9H,1-5H3. The Morgan fingerprint density at radius 1 is 1.09 bits per heavy atom. The van der Waals surface area contributed by atoms with Crippen molar-refractivity contribution in [1.82, 2.24) is 15.0 Å². The molecule has 0 N–H and O–H groups in total. The molecular weight excluding hydrogens is 284 g/mol. The van der Waals surface area contributed by atoms with Gasteiger partial charge in [-0.3, -0.25) is 0 Å². The minimum absolute atomic E-state index is 0.0590. The number of ether oxygens (including phenoxy) is 3. The van der Waals surface area contributed by atoms with E-state index >= 15 is 0 Å². The Kier molecular flexibility index (Phi) is 4.51. The van der Waals surface area contributed by atoms with Gasteiger partial charge in [0, 0.05) is 11.6 Å². The van der Waals surface area contributed by atoms with Crippen molar-refractivity contribution in [3.63, 3.8) is 0 Å². The van der Waals surface area contributed by atoms with Crippen molar-refractivity contribution in [2.45, 2.75) is 19.9 Å². The summed E-state index contributed by atoms with van der Waals surface area (Å²) in [6.07, 6.45) is 0. The maximum atomic E-state index is 9.28. The second kappa shape index (κ2) is 6.35. The molecular formula is C15H18N4O3. The predicted molar refractivity (Wildman–Crippen MR) is 80.2 cm³/mol. The molecule has 0 atom stereocenters. The van der Waals surface area contributed by atoms with Gasteiger partial charge in [0.2, 0.25) is 5.75 Å². The number of nitrogens with zero attached hydrogens (tertiary/aromatic N) is 4. The molecule has 0 aliphatic rings. The first kappa shape index (κ1) is 15.6. The van der Waals surface area contributed by atoms with Crippen molar-refractivity contribution >= 4 is 0 Å². The SMILES string of the molecule is COc1cc(-c2c(C#N)nnn2C(C)C)cc(OC)c1OC. The van der Waals surface area contributed by atoms with Gasteiger partial charge in [-0.25, -0.2) is 4.68 Å². The van der Waals surface area contributed by atoms with Crippen molar-refractivity contribution in [3.05, 3.63) is 17.8 Å². The Morgan fingerprint density at radius 2 is 1.68 bits per heavy atom. The maximum absolute atomic E-state index is 9.28. The Morgan fingerprint density at radius 3 is 2.09 bits per heavy atom. The molecule has 0 aliphatic carbocycles. The molecule has 0 saturated heterocycles. The van der Waals surface area contributed by atoms with Crippen LogP contribution in [-0.2, 0) is 0 Å². The van der Waals surface area contributed by atoms with Gasteiger partial charge >= 0.3 is 0 Å². The number of hydrogen-bond donors (Lipinski definition) is 0. The summed E-state index contributed by atoms with van der Waals surface area (Å²) in [5.41, 5.74) is 1.60. The van der Waals surface area contributed by atoms with E-state index in [0.29, 0.717) is 22.9 Å². The van der Waals surface area contributed by atoms with Gasteiger partial charge < -0.3 is 14.2 Å². The number of methoxy groups -OCH3 is 3. The smallest absolute Gasteiger partial charge is 0.203 e. The van der Waals surface area contributed by atoms with E-state index in [-0.39, 0.29) is 11.7 Å². The lowest BCUT2D eigenvalue weighted by atomic mass is 10.1. The van der Waals surface area contributed by atoms with E-state index in [0.717, 1.165) is 5.56 Å². The van der Waals surface area contributed by atoms with E-state index in [2.05, 4.69) is 16.4 Å². The van der Waals surface area contributed by atoms with Crippen LogP contribution in [0, 0.1) is 11.3 Å². The van der Waals surface area contributed by atoms with Crippen LogP contribution in [-0.4, -0.2) is 36.3 Å². The molecule has 0 bridgehead atoms. The highest BCUT2D eigenvalue weighted by molar-refractivity contribution is 5.71. The van der Waals surface area contributed by atoms with E-state index in [1.807, 2.05) is 13.8 Å². The third-order valence-electron chi connectivity index (χ3n) is 3.23. The molecule has 2 rings (SSSR count). The molecule has 1 aromatic carbocycles. The van der Waals surface area contributed by atoms with Gasteiger partial charge in [0.25, 0.3) is 0 Å². The van der Waals surface area contributed by atoms with Crippen molar-refractivity contribution < 1.29 is 14.2 Å². The highest BCUT2D eigenvalue weighted by Gasteiger charge is 2.21. The first-order valence-electron chi connectivity index (χ1n) is 6.73. The van der Waals surface area contributed by atoms with Gasteiger partial charge in [-0.1, -0.05) is 5.21 Å². The van der Waals surface area contributed by atoms with Gasteiger partial charge in [-0.05, 0) is 26.0 Å². The monoisotopic (exact) mass is 302 g/mol. The van der Waals surface area contributed by atoms with E-state index in [9.17, 15) is 5.26 Å². The molecule has 22 heavy (non-hydrogen) atoms. The number of aromatic nitrogens is 3. The molecule has 0 fully saturated rings. The summed E-state index contributed by atoms with van der Waals surface area (Å²) in [7, 11) is 4.63. The number of benzene rings is 1. The van der Waals surface area contributed by atoms with Gasteiger partial charge in [-0.2, -0.15) is 5.26 Å². The quantitative estimate of drug-likeness (QED) is 0.843. The van der Waals surface area contributed by atoms with Crippen LogP contribution in [0.2, 0.25) is 0 Å². The van der Waals surface area contributed by atoms with Crippen molar-refractivity contribution in [2.75, 3.05) is 21.3 Å². The molecule has 0 unspecified atom stereocenters. The van der Waals surface area contributed by atoms with Crippen molar-refractivity contribution in [3.8, 4) is 34.6 Å². The first-order chi connectivity index (χ1) is 10.6. The summed E-state index contributed by atoms with van der Waals surface area (Å²) in [5.74, 6) is 1.52. The molecule has 1 heterocycles. The minimum Gasteiger partial charge on any atom is -0.493 e. The summed E-state index contributed by atoms with van der Waals surface area (Å²) in [6.45, 7) is 3.94. The highest BCUT2D eigenvalue weighted by Crippen LogP contribution is 2.41. The molecule has 7 heteroatoms. The minimum atomic E-state index is 0.0590. The predicted octanol–water partition coefficient (Wildman–Crippen LogP) is 2.42. The van der Waals surface area contributed by atoms with Crippen LogP contribution >= 0.6 is 0 Å². The normalized spacial score (nSPS) is 10.4. The van der Waals surface area contributed by atoms with Crippen LogP contribution in [0.4, 0.5) is 0 Å². The molecule has 0 aliphatic heterocycles. The number of rotatable bonds is 5. The van der Waals surface area contributed by atoms with Gasteiger partial charge in [-0.15, -0.1) is 5.10 Å². The van der Waals surface area contributed by atoms with Crippen LogP contribution in [0.25, 0.3) is 11.3 Å². The lowest BCUT2D eigenvalue weighted by Gasteiger charge is -2.15. The molecule has 2 aromatic rings. The van der Waals surface area contributed by atoms with Crippen LogP contribution in [0.15, 0.2) is 12.1 Å². The highest BCUT2D eigenvalue weighted by atomic mass is 16.5. The summed E-state index contributed by atoms with van der Waals surface area (Å²) in [5, 5.41) is 17.2. The van der Waals surface area contributed by atoms with Gasteiger partial charge in [0.15, 0.2) is 17.2 Å². The molecule has 1 aromatic heterocycles. The van der Waals surface area contributed by atoms with Crippen LogP contribution in [0.1, 0.15) is 25.6 Å². The summed E-state index contributed by atoms with van der Waals surface area (Å²) < 4.78 is 17.7. The second-order valence-corrected chi connectivity index (χ2v) is 4.85. The summed E-state index contributed by atoms with van der Waals surface area (Å²) in [6, 6.07) is 5.68. The Labute approximate surface area is 129 Å². The van der Waals surface area contributed by atoms with E-state index in [1.54, 1.807) is 38.1 Å². The first-order valence-corrected chi connectivity index (χ1v) is 6.73. The van der Waals surface area contributed by atoms with Gasteiger partial charge in [0.1, 0.15) is 11.8 Å². The van der Waals surface area contributed by atoms with E-state index in [4.69, 9.17) is 14.2 Å². The topological polar surface area (TPSA) is 82.2 Å². The Balaban J connectivity index is 2.73. The average molecular weight is 302 g/mol. The molecule has 116 valence electrons. The maximum Gasteiger partial charge on any atom is 0.203 e. The number of nitriles is 1. The third kappa shape index (κ3) is 2.55. The third-order valence-corrected chi connectivity index (χ3v) is 3.23. The van der Waals surface area contributed by atoms with Crippen LogP contribution in [0.3, 0.4) is 0 Å². The molecule has 0 spiro atoms. The number of hydrogen-bond acceptors (Lipinski definition) is 6. The zero-order valence-corrected chi connectivity index (χ0v) is 13.2. The Hall–Kier alpha value is -2.75. The molecule has 0 amide bonds. The fourth-order valence-electron chi connectivity index (χ4n) is 2.22. The zero-order valence-electron chi connectivity index (χ0n) is 13.2.